The number of hydrogen-bond donors (Lipinski definition) is 0. The Bertz CT molecular complexity index is 690. The largest absolute Gasteiger partial charge is 0.497 e. The molecule has 0 amide bonds. The van der Waals surface area contributed by atoms with E-state index < -0.39 is 0 Å². The number of ether oxygens (including phenoxy) is 1. The molecule has 2 aliphatic rings. The van der Waals surface area contributed by atoms with Crippen LogP contribution in [-0.4, -0.2) is 48.3 Å². The maximum absolute atomic E-state index is 5.49. The molecule has 1 saturated heterocycles. The van der Waals surface area contributed by atoms with Crippen LogP contribution < -0.4 is 9.64 Å². The van der Waals surface area contributed by atoms with E-state index >= 15 is 0 Å². The minimum Gasteiger partial charge on any atom is -0.497 e. The number of piperazine rings is 1. The van der Waals surface area contributed by atoms with Gasteiger partial charge in [0.15, 0.2) is 5.82 Å². The van der Waals surface area contributed by atoms with Gasteiger partial charge in [0.05, 0.1) is 13.2 Å². The van der Waals surface area contributed by atoms with Crippen LogP contribution in [-0.2, 0) is 0 Å². The van der Waals surface area contributed by atoms with Crippen LogP contribution in [0.3, 0.4) is 0 Å². The van der Waals surface area contributed by atoms with Crippen LogP contribution in [0.4, 0.5) is 5.69 Å². The van der Waals surface area contributed by atoms with E-state index in [4.69, 9.17) is 9.26 Å². The summed E-state index contributed by atoms with van der Waals surface area (Å²) < 4.78 is 10.8. The van der Waals surface area contributed by atoms with Gasteiger partial charge in [-0.05, 0) is 31.9 Å². The van der Waals surface area contributed by atoms with Gasteiger partial charge in [-0.1, -0.05) is 11.2 Å². The van der Waals surface area contributed by atoms with Gasteiger partial charge in [-0.2, -0.15) is 4.98 Å². The van der Waals surface area contributed by atoms with Crippen molar-refractivity contribution in [1.29, 1.82) is 0 Å². The molecule has 2 fully saturated rings. The Morgan fingerprint density at radius 2 is 2.00 bits per heavy atom. The van der Waals surface area contributed by atoms with Gasteiger partial charge in [-0.3, -0.25) is 4.90 Å². The van der Waals surface area contributed by atoms with Gasteiger partial charge in [0, 0.05) is 43.9 Å². The summed E-state index contributed by atoms with van der Waals surface area (Å²) in [5, 5.41) is 4.14. The molecule has 0 bridgehead atoms. The summed E-state index contributed by atoms with van der Waals surface area (Å²) in [5.41, 5.74) is 1.22. The normalized spacial score (nSPS) is 20.2. The topological polar surface area (TPSA) is 54.6 Å². The predicted molar refractivity (Wildman–Crippen MR) is 91.5 cm³/mol. The van der Waals surface area contributed by atoms with Crippen LogP contribution in [0.15, 0.2) is 28.8 Å². The third-order valence-corrected chi connectivity index (χ3v) is 5.04. The lowest BCUT2D eigenvalue weighted by Gasteiger charge is -2.38. The number of rotatable bonds is 5. The highest BCUT2D eigenvalue weighted by atomic mass is 16.5. The molecule has 1 atom stereocenters. The first-order valence-corrected chi connectivity index (χ1v) is 8.71. The van der Waals surface area contributed by atoms with Gasteiger partial charge < -0.3 is 14.2 Å². The maximum Gasteiger partial charge on any atom is 0.243 e. The molecule has 24 heavy (non-hydrogen) atoms. The zero-order valence-electron chi connectivity index (χ0n) is 14.3. The molecule has 128 valence electrons. The van der Waals surface area contributed by atoms with Crippen LogP contribution in [0.5, 0.6) is 5.75 Å². The lowest BCUT2D eigenvalue weighted by atomic mass is 10.2. The Kier molecular flexibility index (Phi) is 4.14. The Morgan fingerprint density at radius 1 is 1.21 bits per heavy atom. The summed E-state index contributed by atoms with van der Waals surface area (Å²) in [4.78, 5) is 9.41. The van der Waals surface area contributed by atoms with Gasteiger partial charge in [0.2, 0.25) is 5.89 Å². The summed E-state index contributed by atoms with van der Waals surface area (Å²) in [6.07, 6.45) is 2.40. The van der Waals surface area contributed by atoms with Crippen molar-refractivity contribution >= 4 is 5.69 Å². The minimum atomic E-state index is 0.178. The third-order valence-electron chi connectivity index (χ3n) is 5.04. The summed E-state index contributed by atoms with van der Waals surface area (Å²) in [6.45, 7) is 6.10. The van der Waals surface area contributed by atoms with E-state index in [2.05, 4.69) is 39.0 Å². The summed E-state index contributed by atoms with van der Waals surface area (Å²) in [5.74, 6) is 3.10. The summed E-state index contributed by atoms with van der Waals surface area (Å²) in [6, 6.07) is 8.44. The second-order valence-corrected chi connectivity index (χ2v) is 6.67. The highest BCUT2D eigenvalue weighted by Gasteiger charge is 2.31. The highest BCUT2D eigenvalue weighted by Crippen LogP contribution is 2.38. The Morgan fingerprint density at radius 3 is 2.71 bits per heavy atom. The monoisotopic (exact) mass is 328 g/mol. The van der Waals surface area contributed by atoms with Gasteiger partial charge in [-0.25, -0.2) is 0 Å². The van der Waals surface area contributed by atoms with E-state index in [0.29, 0.717) is 5.92 Å². The maximum atomic E-state index is 5.49. The molecule has 1 aromatic heterocycles. The van der Waals surface area contributed by atoms with Crippen molar-refractivity contribution in [3.8, 4) is 5.75 Å². The van der Waals surface area contributed by atoms with Gasteiger partial charge >= 0.3 is 0 Å². The average Bonchev–Trinajstić information content (AvgIpc) is 3.38. The number of benzene rings is 1. The van der Waals surface area contributed by atoms with E-state index in [1.54, 1.807) is 7.11 Å². The van der Waals surface area contributed by atoms with Gasteiger partial charge in [0.1, 0.15) is 5.75 Å². The fourth-order valence-electron chi connectivity index (χ4n) is 3.26. The fraction of sp³-hybridized carbons (Fsp3) is 0.556. The molecule has 1 aliphatic heterocycles. The summed E-state index contributed by atoms with van der Waals surface area (Å²) >= 11 is 0. The Labute approximate surface area is 142 Å². The highest BCUT2D eigenvalue weighted by molar-refractivity contribution is 5.51. The molecule has 6 heteroatoms. The Hall–Kier alpha value is -2.08. The number of anilines is 1. The van der Waals surface area contributed by atoms with Crippen LogP contribution in [0.25, 0.3) is 0 Å². The van der Waals surface area contributed by atoms with Crippen molar-refractivity contribution in [2.24, 2.45) is 0 Å². The van der Waals surface area contributed by atoms with Gasteiger partial charge in [0.25, 0.3) is 0 Å². The fourth-order valence-corrected chi connectivity index (χ4v) is 3.26. The van der Waals surface area contributed by atoms with Crippen molar-refractivity contribution < 1.29 is 9.26 Å². The molecule has 2 aromatic rings. The summed E-state index contributed by atoms with van der Waals surface area (Å²) in [7, 11) is 1.71. The molecular weight excluding hydrogens is 304 g/mol. The van der Waals surface area contributed by atoms with Gasteiger partial charge in [-0.15, -0.1) is 0 Å². The number of methoxy groups -OCH3 is 1. The van der Waals surface area contributed by atoms with E-state index in [-0.39, 0.29) is 6.04 Å². The first-order valence-electron chi connectivity index (χ1n) is 8.71. The first kappa shape index (κ1) is 15.4. The van der Waals surface area contributed by atoms with Crippen molar-refractivity contribution in [2.45, 2.75) is 31.7 Å². The van der Waals surface area contributed by atoms with Crippen molar-refractivity contribution in [2.75, 3.05) is 38.2 Å². The van der Waals surface area contributed by atoms with E-state index in [1.165, 1.54) is 18.5 Å². The van der Waals surface area contributed by atoms with E-state index in [1.807, 2.05) is 12.1 Å². The van der Waals surface area contributed by atoms with E-state index in [0.717, 1.165) is 43.6 Å². The molecule has 0 N–H and O–H groups in total. The zero-order valence-corrected chi connectivity index (χ0v) is 14.3. The second-order valence-electron chi connectivity index (χ2n) is 6.67. The third kappa shape index (κ3) is 3.11. The molecule has 0 unspecified atom stereocenters. The van der Waals surface area contributed by atoms with Crippen LogP contribution in [0.1, 0.15) is 43.4 Å². The SMILES string of the molecule is COc1cccc(N2CCN([C@@H](C)c3nc(C4CC4)no3)CC2)c1. The second kappa shape index (κ2) is 6.43. The lowest BCUT2D eigenvalue weighted by molar-refractivity contribution is 0.164. The molecule has 1 aromatic carbocycles. The van der Waals surface area contributed by atoms with E-state index in [9.17, 15) is 0 Å². The molecule has 6 nitrogen and oxygen atoms in total. The van der Waals surface area contributed by atoms with Crippen molar-refractivity contribution in [3.63, 3.8) is 0 Å². The zero-order chi connectivity index (χ0) is 16.5. The quantitative estimate of drug-likeness (QED) is 0.841. The van der Waals surface area contributed by atoms with Crippen molar-refractivity contribution in [1.82, 2.24) is 15.0 Å². The smallest absolute Gasteiger partial charge is 0.243 e. The standard InChI is InChI=1S/C18H24N4O2/c1-13(18-19-17(20-24-18)14-6-7-14)21-8-10-22(11-9-21)15-4-3-5-16(12-15)23-2/h3-5,12-14H,6-11H2,1-2H3/t13-/m0/s1. The molecule has 1 aliphatic carbocycles. The Balaban J connectivity index is 1.37. The molecule has 0 spiro atoms. The number of nitrogens with zero attached hydrogens (tertiary/aromatic N) is 4. The molecule has 4 rings (SSSR count). The molecule has 2 heterocycles. The number of aromatic nitrogens is 2. The van der Waals surface area contributed by atoms with Crippen LogP contribution in [0.2, 0.25) is 0 Å². The minimum absolute atomic E-state index is 0.178. The molecular formula is C18H24N4O2. The molecule has 1 saturated carbocycles. The first-order chi connectivity index (χ1) is 11.7. The number of hydrogen-bond acceptors (Lipinski definition) is 6. The lowest BCUT2D eigenvalue weighted by Crippen LogP contribution is -2.47. The van der Waals surface area contributed by atoms with Crippen LogP contribution >= 0.6 is 0 Å². The van der Waals surface area contributed by atoms with Crippen LogP contribution in [0, 0.1) is 0 Å². The molecule has 0 radical (unpaired) electrons. The van der Waals surface area contributed by atoms with Crippen molar-refractivity contribution in [3.05, 3.63) is 36.0 Å². The average molecular weight is 328 g/mol. The predicted octanol–water partition coefficient (Wildman–Crippen LogP) is 2.84.